The lowest BCUT2D eigenvalue weighted by molar-refractivity contribution is 0.628. The van der Waals surface area contributed by atoms with Crippen LogP contribution in [0.1, 0.15) is 0 Å². The summed E-state index contributed by atoms with van der Waals surface area (Å²) in [5.74, 6) is 0.105. The fraction of sp³-hybridized carbons (Fsp3) is 0. The molecule has 0 bridgehead atoms. The number of nitrogens with two attached hydrogens (primary N) is 1. The van der Waals surface area contributed by atoms with E-state index >= 15 is 0 Å². The predicted octanol–water partition coefficient (Wildman–Crippen LogP) is 1.86. The molecular formula is C10H8FN3. The van der Waals surface area contributed by atoms with Gasteiger partial charge in [0.05, 0.1) is 18.1 Å². The molecule has 0 radical (unpaired) electrons. The average Bonchev–Trinajstić information content (AvgIpc) is 2.21. The van der Waals surface area contributed by atoms with Gasteiger partial charge in [0.15, 0.2) is 0 Å². The molecule has 0 fully saturated rings. The minimum Gasteiger partial charge on any atom is -0.382 e. The van der Waals surface area contributed by atoms with E-state index in [4.69, 9.17) is 5.73 Å². The van der Waals surface area contributed by atoms with Gasteiger partial charge in [0.25, 0.3) is 0 Å². The number of rotatable bonds is 1. The summed E-state index contributed by atoms with van der Waals surface area (Å²) in [4.78, 5) is 7.97. The highest BCUT2D eigenvalue weighted by atomic mass is 19.1. The lowest BCUT2D eigenvalue weighted by atomic mass is 10.2. The normalized spacial score (nSPS) is 10.1. The maximum absolute atomic E-state index is 12.6. The minimum atomic E-state index is -0.267. The fourth-order valence-electron chi connectivity index (χ4n) is 1.11. The van der Waals surface area contributed by atoms with Gasteiger partial charge in [-0.1, -0.05) is 0 Å². The molecule has 2 N–H and O–H groups in total. The molecule has 0 atom stereocenters. The molecule has 3 nitrogen and oxygen atoms in total. The summed E-state index contributed by atoms with van der Waals surface area (Å²) in [7, 11) is 0. The van der Waals surface area contributed by atoms with Crippen LogP contribution in [0.5, 0.6) is 0 Å². The van der Waals surface area contributed by atoms with E-state index in [0.29, 0.717) is 11.5 Å². The summed E-state index contributed by atoms with van der Waals surface area (Å²) >= 11 is 0. The van der Waals surface area contributed by atoms with E-state index in [1.54, 1.807) is 18.3 Å². The average molecular weight is 189 g/mol. The smallest absolute Gasteiger partial charge is 0.141 e. The number of aromatic nitrogens is 2. The zero-order chi connectivity index (χ0) is 9.97. The Morgan fingerprint density at radius 2 is 1.71 bits per heavy atom. The van der Waals surface area contributed by atoms with E-state index in [-0.39, 0.29) is 5.82 Å². The molecule has 4 heteroatoms. The Balaban J connectivity index is 2.40. The van der Waals surface area contributed by atoms with Crippen LogP contribution >= 0.6 is 0 Å². The number of hydrogen-bond acceptors (Lipinski definition) is 3. The molecule has 1 heterocycles. The fourth-order valence-corrected chi connectivity index (χ4v) is 1.11. The Labute approximate surface area is 80.4 Å². The van der Waals surface area contributed by atoms with Crippen LogP contribution in [-0.2, 0) is 0 Å². The largest absolute Gasteiger partial charge is 0.382 e. The van der Waals surface area contributed by atoms with Crippen LogP contribution in [0.2, 0.25) is 0 Å². The second-order valence-corrected chi connectivity index (χ2v) is 2.83. The van der Waals surface area contributed by atoms with Gasteiger partial charge in [-0.25, -0.2) is 9.37 Å². The van der Waals surface area contributed by atoms with Gasteiger partial charge in [0, 0.05) is 5.56 Å². The molecule has 14 heavy (non-hydrogen) atoms. The number of anilines is 1. The maximum atomic E-state index is 12.6. The summed E-state index contributed by atoms with van der Waals surface area (Å²) in [5, 5.41) is 0. The summed E-state index contributed by atoms with van der Waals surface area (Å²) in [6.07, 6.45) is 3.03. The third-order valence-corrected chi connectivity index (χ3v) is 1.81. The van der Waals surface area contributed by atoms with E-state index < -0.39 is 0 Å². The van der Waals surface area contributed by atoms with Gasteiger partial charge in [-0.05, 0) is 24.3 Å². The van der Waals surface area contributed by atoms with Crippen LogP contribution in [-0.4, -0.2) is 9.97 Å². The third kappa shape index (κ3) is 1.69. The summed E-state index contributed by atoms with van der Waals surface area (Å²) < 4.78 is 12.6. The minimum absolute atomic E-state index is 0.267. The van der Waals surface area contributed by atoms with Crippen molar-refractivity contribution in [3.05, 3.63) is 42.5 Å². The molecular weight excluding hydrogens is 181 g/mol. The highest BCUT2D eigenvalue weighted by molar-refractivity contribution is 5.58. The van der Waals surface area contributed by atoms with Gasteiger partial charge >= 0.3 is 0 Å². The van der Waals surface area contributed by atoms with Gasteiger partial charge < -0.3 is 5.73 Å². The van der Waals surface area contributed by atoms with Crippen molar-refractivity contribution in [2.24, 2.45) is 0 Å². The quantitative estimate of drug-likeness (QED) is 0.744. The molecule has 0 saturated heterocycles. The van der Waals surface area contributed by atoms with Crippen LogP contribution in [0.4, 0.5) is 10.2 Å². The molecule has 1 aromatic heterocycles. The number of benzene rings is 1. The van der Waals surface area contributed by atoms with Gasteiger partial charge in [-0.2, -0.15) is 0 Å². The summed E-state index contributed by atoms with van der Waals surface area (Å²) in [5.41, 5.74) is 6.89. The molecule has 2 aromatic rings. The van der Waals surface area contributed by atoms with E-state index in [1.807, 2.05) is 0 Å². The zero-order valence-corrected chi connectivity index (χ0v) is 7.31. The second kappa shape index (κ2) is 3.41. The first-order chi connectivity index (χ1) is 6.75. The molecule has 0 saturated carbocycles. The standard InChI is InChI=1S/C10H8FN3/c11-8-3-1-7(2-4-8)9-5-14-10(12)6-13-9/h1-6H,(H2,12,14). The Morgan fingerprint density at radius 1 is 1.00 bits per heavy atom. The van der Waals surface area contributed by atoms with E-state index in [9.17, 15) is 4.39 Å². The molecule has 0 spiro atoms. The number of hydrogen-bond donors (Lipinski definition) is 1. The lowest BCUT2D eigenvalue weighted by Crippen LogP contribution is -1.92. The van der Waals surface area contributed by atoms with Gasteiger partial charge in [-0.15, -0.1) is 0 Å². The van der Waals surface area contributed by atoms with Crippen molar-refractivity contribution >= 4 is 5.82 Å². The van der Waals surface area contributed by atoms with Crippen LogP contribution in [0.25, 0.3) is 11.3 Å². The lowest BCUT2D eigenvalue weighted by Gasteiger charge is -1.99. The van der Waals surface area contributed by atoms with Crippen molar-refractivity contribution in [3.63, 3.8) is 0 Å². The molecule has 70 valence electrons. The van der Waals surface area contributed by atoms with E-state index in [0.717, 1.165) is 5.56 Å². The third-order valence-electron chi connectivity index (χ3n) is 1.81. The van der Waals surface area contributed by atoms with Crippen LogP contribution in [0.15, 0.2) is 36.7 Å². The van der Waals surface area contributed by atoms with Crippen molar-refractivity contribution in [2.75, 3.05) is 5.73 Å². The first-order valence-corrected chi connectivity index (χ1v) is 4.09. The first kappa shape index (κ1) is 8.62. The number of nitrogen functional groups attached to an aromatic ring is 1. The maximum Gasteiger partial charge on any atom is 0.141 e. The summed E-state index contributed by atoms with van der Waals surface area (Å²) in [6.45, 7) is 0. The van der Waals surface area contributed by atoms with E-state index in [2.05, 4.69) is 9.97 Å². The van der Waals surface area contributed by atoms with Crippen LogP contribution < -0.4 is 5.73 Å². The Kier molecular flexibility index (Phi) is 2.10. The first-order valence-electron chi connectivity index (χ1n) is 4.09. The SMILES string of the molecule is Nc1cnc(-c2ccc(F)cc2)cn1. The Hall–Kier alpha value is -1.97. The highest BCUT2D eigenvalue weighted by Gasteiger charge is 1.99. The molecule has 0 unspecified atom stereocenters. The van der Waals surface area contributed by atoms with Crippen molar-refractivity contribution in [2.45, 2.75) is 0 Å². The molecule has 0 aliphatic rings. The van der Waals surface area contributed by atoms with Gasteiger partial charge in [0.2, 0.25) is 0 Å². The van der Waals surface area contributed by atoms with Crippen molar-refractivity contribution in [3.8, 4) is 11.3 Å². The monoisotopic (exact) mass is 189 g/mol. The summed E-state index contributed by atoms with van der Waals surface area (Å²) in [6, 6.07) is 6.06. The number of halogens is 1. The van der Waals surface area contributed by atoms with Crippen molar-refractivity contribution < 1.29 is 4.39 Å². The van der Waals surface area contributed by atoms with Crippen molar-refractivity contribution in [1.29, 1.82) is 0 Å². The predicted molar refractivity (Wildman–Crippen MR) is 51.8 cm³/mol. The highest BCUT2D eigenvalue weighted by Crippen LogP contribution is 2.16. The molecule has 2 rings (SSSR count). The van der Waals surface area contributed by atoms with Crippen LogP contribution in [0.3, 0.4) is 0 Å². The molecule has 0 amide bonds. The van der Waals surface area contributed by atoms with Gasteiger partial charge in [-0.3, -0.25) is 4.98 Å². The topological polar surface area (TPSA) is 51.8 Å². The van der Waals surface area contributed by atoms with Crippen molar-refractivity contribution in [1.82, 2.24) is 9.97 Å². The van der Waals surface area contributed by atoms with E-state index in [1.165, 1.54) is 18.3 Å². The Morgan fingerprint density at radius 3 is 2.29 bits per heavy atom. The zero-order valence-electron chi connectivity index (χ0n) is 7.31. The van der Waals surface area contributed by atoms with Crippen LogP contribution in [0, 0.1) is 5.82 Å². The molecule has 0 aliphatic heterocycles. The second-order valence-electron chi connectivity index (χ2n) is 2.83. The van der Waals surface area contributed by atoms with Gasteiger partial charge in [0.1, 0.15) is 11.6 Å². The molecule has 0 aliphatic carbocycles. The molecule has 1 aromatic carbocycles. The number of nitrogens with zero attached hydrogens (tertiary/aromatic N) is 2. The Bertz CT molecular complexity index is 379.